The Morgan fingerprint density at radius 2 is 1.68 bits per heavy atom. The molecule has 122 valence electrons. The summed E-state index contributed by atoms with van der Waals surface area (Å²) in [6.45, 7) is 8.26. The van der Waals surface area contributed by atoms with E-state index < -0.39 is 19.1 Å². The topological polar surface area (TPSA) is 23.5 Å². The van der Waals surface area contributed by atoms with E-state index in [1.165, 1.54) is 0 Å². The van der Waals surface area contributed by atoms with E-state index in [1.807, 2.05) is 49.4 Å². The van der Waals surface area contributed by atoms with Gasteiger partial charge in [-0.2, -0.15) is 0 Å². The molecule has 4 heteroatoms. The van der Waals surface area contributed by atoms with Crippen molar-refractivity contribution in [2.45, 2.75) is 19.4 Å². The molecule has 0 saturated heterocycles. The van der Waals surface area contributed by atoms with E-state index in [9.17, 15) is 8.78 Å². The number of hydrogen-bond donors (Lipinski definition) is 1. The summed E-state index contributed by atoms with van der Waals surface area (Å²) in [5.41, 5.74) is 0.998. The van der Waals surface area contributed by atoms with Crippen LogP contribution >= 0.6 is 0 Å². The number of alkyl halides is 2. The lowest BCUT2D eigenvalue weighted by molar-refractivity contribution is -0.0734. The molecule has 0 aromatic heterocycles. The molecule has 0 aliphatic rings. The third kappa shape index (κ3) is 10.0. The third-order valence-corrected chi connectivity index (χ3v) is 2.77. The number of rotatable bonds is 8. The van der Waals surface area contributed by atoms with Crippen LogP contribution in [0.1, 0.15) is 12.5 Å². The van der Waals surface area contributed by atoms with Crippen molar-refractivity contribution in [3.8, 4) is 0 Å². The minimum Gasteiger partial charge on any atom is -0.390 e. The van der Waals surface area contributed by atoms with Gasteiger partial charge in [0.1, 0.15) is 6.61 Å². The summed E-state index contributed by atoms with van der Waals surface area (Å²) in [5, 5.41) is 8.53. The first-order chi connectivity index (χ1) is 10.5. The Balaban J connectivity index is 0.000000626. The molecule has 1 aromatic carbocycles. The standard InChI is InChI=1S/C12H17F2NO.C6H8/c1-2-15(9-12(13,14)10-16)8-11-6-4-3-5-7-11;1-3-5-6-4-2/h3-7,16H,2,8-10H2,1H3;3-6H,1-2H2/b;6-5-. The number of hydrogen-bond acceptors (Lipinski definition) is 2. The van der Waals surface area contributed by atoms with Gasteiger partial charge in [0.15, 0.2) is 0 Å². The Morgan fingerprint density at radius 3 is 2.09 bits per heavy atom. The largest absolute Gasteiger partial charge is 0.390 e. The van der Waals surface area contributed by atoms with Gasteiger partial charge in [0.05, 0.1) is 6.54 Å². The Hall–Kier alpha value is -1.78. The average Bonchev–Trinajstić information content (AvgIpc) is 2.53. The Bertz CT molecular complexity index is 434. The van der Waals surface area contributed by atoms with Crippen LogP contribution in [0.3, 0.4) is 0 Å². The van der Waals surface area contributed by atoms with Gasteiger partial charge in [0.2, 0.25) is 0 Å². The predicted molar refractivity (Wildman–Crippen MR) is 89.0 cm³/mol. The van der Waals surface area contributed by atoms with E-state index in [1.54, 1.807) is 17.1 Å². The summed E-state index contributed by atoms with van der Waals surface area (Å²) in [7, 11) is 0. The van der Waals surface area contributed by atoms with Crippen molar-refractivity contribution in [3.63, 3.8) is 0 Å². The van der Waals surface area contributed by atoms with Crippen molar-refractivity contribution in [1.29, 1.82) is 0 Å². The summed E-state index contributed by atoms with van der Waals surface area (Å²) in [6.07, 6.45) is 7.07. The van der Waals surface area contributed by atoms with Crippen LogP contribution < -0.4 is 0 Å². The fourth-order valence-electron chi connectivity index (χ4n) is 1.66. The molecule has 0 bridgehead atoms. The Kier molecular flexibility index (Phi) is 10.9. The molecule has 0 fully saturated rings. The van der Waals surface area contributed by atoms with E-state index in [4.69, 9.17) is 5.11 Å². The van der Waals surface area contributed by atoms with Crippen LogP contribution in [0.15, 0.2) is 67.8 Å². The maximum Gasteiger partial charge on any atom is 0.283 e. The number of nitrogens with zero attached hydrogens (tertiary/aromatic N) is 1. The molecule has 0 heterocycles. The third-order valence-electron chi connectivity index (χ3n) is 2.77. The molecule has 0 unspecified atom stereocenters. The second-order valence-electron chi connectivity index (χ2n) is 4.66. The maximum absolute atomic E-state index is 13.0. The molecule has 0 spiro atoms. The zero-order valence-electron chi connectivity index (χ0n) is 13.1. The van der Waals surface area contributed by atoms with Gasteiger partial charge in [-0.1, -0.05) is 74.7 Å². The van der Waals surface area contributed by atoms with Crippen molar-refractivity contribution in [2.75, 3.05) is 19.7 Å². The van der Waals surface area contributed by atoms with Gasteiger partial charge in [-0.25, -0.2) is 8.78 Å². The minimum atomic E-state index is -3.02. The fourth-order valence-corrected chi connectivity index (χ4v) is 1.66. The Morgan fingerprint density at radius 1 is 1.14 bits per heavy atom. The van der Waals surface area contributed by atoms with E-state index in [0.717, 1.165) is 5.56 Å². The fraction of sp³-hybridized carbons (Fsp3) is 0.333. The number of benzene rings is 1. The van der Waals surface area contributed by atoms with Crippen LogP contribution in [0, 0.1) is 0 Å². The highest BCUT2D eigenvalue weighted by Crippen LogP contribution is 2.15. The summed E-state index contributed by atoms with van der Waals surface area (Å²) >= 11 is 0. The molecule has 0 aliphatic heterocycles. The van der Waals surface area contributed by atoms with Crippen molar-refractivity contribution < 1.29 is 13.9 Å². The van der Waals surface area contributed by atoms with E-state index in [2.05, 4.69) is 13.2 Å². The van der Waals surface area contributed by atoms with Crippen LogP contribution in [-0.2, 0) is 6.54 Å². The molecule has 2 nitrogen and oxygen atoms in total. The first-order valence-electron chi connectivity index (χ1n) is 7.14. The van der Waals surface area contributed by atoms with Gasteiger partial charge < -0.3 is 5.11 Å². The number of allylic oxidation sites excluding steroid dienone is 4. The molecule has 0 amide bonds. The number of aliphatic hydroxyl groups is 1. The van der Waals surface area contributed by atoms with Gasteiger partial charge in [-0.15, -0.1) is 0 Å². The highest BCUT2D eigenvalue weighted by Gasteiger charge is 2.30. The molecular weight excluding hydrogens is 284 g/mol. The molecule has 0 aliphatic carbocycles. The summed E-state index contributed by atoms with van der Waals surface area (Å²) in [6, 6.07) is 9.46. The molecule has 1 rings (SSSR count). The van der Waals surface area contributed by atoms with Gasteiger partial charge in [0, 0.05) is 6.54 Å². The monoisotopic (exact) mass is 309 g/mol. The lowest BCUT2D eigenvalue weighted by Crippen LogP contribution is -2.38. The molecule has 1 aromatic rings. The quantitative estimate of drug-likeness (QED) is 0.732. The number of halogens is 2. The SMILES string of the molecule is C=C/C=C\C=C.CCN(Cc1ccccc1)CC(F)(F)CO. The second kappa shape index (κ2) is 11.8. The lowest BCUT2D eigenvalue weighted by atomic mass is 10.2. The Labute approximate surface area is 132 Å². The predicted octanol–water partition coefficient (Wildman–Crippen LogP) is 4.05. The first kappa shape index (κ1) is 20.2. The summed E-state index contributed by atoms with van der Waals surface area (Å²) in [4.78, 5) is 1.62. The average molecular weight is 309 g/mol. The maximum atomic E-state index is 13.0. The molecule has 1 N–H and O–H groups in total. The van der Waals surface area contributed by atoms with Crippen LogP contribution in [0.4, 0.5) is 8.78 Å². The smallest absolute Gasteiger partial charge is 0.283 e. The van der Waals surface area contributed by atoms with E-state index >= 15 is 0 Å². The lowest BCUT2D eigenvalue weighted by Gasteiger charge is -2.25. The summed E-state index contributed by atoms with van der Waals surface area (Å²) < 4.78 is 26.0. The van der Waals surface area contributed by atoms with E-state index in [0.29, 0.717) is 13.1 Å². The molecule has 0 radical (unpaired) electrons. The van der Waals surface area contributed by atoms with Crippen molar-refractivity contribution in [2.24, 2.45) is 0 Å². The normalized spacial score (nSPS) is 11.1. The van der Waals surface area contributed by atoms with Crippen LogP contribution in [0.25, 0.3) is 0 Å². The van der Waals surface area contributed by atoms with Gasteiger partial charge in [-0.05, 0) is 12.1 Å². The van der Waals surface area contributed by atoms with Crippen LogP contribution in [-0.4, -0.2) is 35.6 Å². The van der Waals surface area contributed by atoms with Crippen molar-refractivity contribution >= 4 is 0 Å². The van der Waals surface area contributed by atoms with Crippen molar-refractivity contribution in [1.82, 2.24) is 4.90 Å². The molecule has 22 heavy (non-hydrogen) atoms. The highest BCUT2D eigenvalue weighted by atomic mass is 19.3. The molecule has 0 atom stereocenters. The minimum absolute atomic E-state index is 0.408. The molecule has 0 saturated carbocycles. The zero-order chi connectivity index (χ0) is 16.8. The van der Waals surface area contributed by atoms with Crippen LogP contribution in [0.2, 0.25) is 0 Å². The first-order valence-corrected chi connectivity index (χ1v) is 7.14. The number of aliphatic hydroxyl groups excluding tert-OH is 1. The van der Waals surface area contributed by atoms with E-state index in [-0.39, 0.29) is 0 Å². The van der Waals surface area contributed by atoms with Gasteiger partial charge in [0.25, 0.3) is 5.92 Å². The highest BCUT2D eigenvalue weighted by molar-refractivity contribution is 5.14. The van der Waals surface area contributed by atoms with Crippen molar-refractivity contribution in [3.05, 3.63) is 73.4 Å². The summed E-state index contributed by atoms with van der Waals surface area (Å²) in [5.74, 6) is -3.02. The molecular formula is C18H25F2NO. The zero-order valence-corrected chi connectivity index (χ0v) is 13.1. The van der Waals surface area contributed by atoms with Gasteiger partial charge >= 0.3 is 0 Å². The second-order valence-corrected chi connectivity index (χ2v) is 4.66. The van der Waals surface area contributed by atoms with Gasteiger partial charge in [-0.3, -0.25) is 4.90 Å². The van der Waals surface area contributed by atoms with Crippen LogP contribution in [0.5, 0.6) is 0 Å².